The molecule has 0 aliphatic carbocycles. The van der Waals surface area contributed by atoms with Crippen molar-refractivity contribution in [3.8, 4) is 0 Å². The Labute approximate surface area is 107 Å². The monoisotopic (exact) mass is 245 g/mol. The first-order valence-electron chi connectivity index (χ1n) is 6.56. The van der Waals surface area contributed by atoms with Gasteiger partial charge in [0, 0.05) is 19.3 Å². The lowest BCUT2D eigenvalue weighted by Crippen LogP contribution is -2.28. The lowest BCUT2D eigenvalue weighted by Gasteiger charge is -2.17. The van der Waals surface area contributed by atoms with Gasteiger partial charge in [0.15, 0.2) is 5.65 Å². The van der Waals surface area contributed by atoms with Gasteiger partial charge in [-0.05, 0) is 38.1 Å². The van der Waals surface area contributed by atoms with Crippen molar-refractivity contribution in [3.05, 3.63) is 23.7 Å². The zero-order valence-electron chi connectivity index (χ0n) is 10.7. The smallest absolute Gasteiger partial charge is 0.178 e. The Balaban J connectivity index is 1.79. The Morgan fingerprint density at radius 3 is 3.17 bits per heavy atom. The molecule has 3 heterocycles. The van der Waals surface area contributed by atoms with Crippen LogP contribution in [-0.2, 0) is 6.54 Å². The topological polar surface area (TPSA) is 56.8 Å². The Hall–Kier alpha value is -1.46. The third-order valence-electron chi connectivity index (χ3n) is 3.46. The van der Waals surface area contributed by atoms with Gasteiger partial charge in [0.25, 0.3) is 0 Å². The van der Waals surface area contributed by atoms with Crippen molar-refractivity contribution in [2.45, 2.75) is 19.9 Å². The van der Waals surface area contributed by atoms with Crippen molar-refractivity contribution in [2.24, 2.45) is 0 Å². The van der Waals surface area contributed by atoms with Gasteiger partial charge < -0.3 is 10.3 Å². The minimum absolute atomic E-state index is 0.831. The van der Waals surface area contributed by atoms with E-state index in [1.165, 1.54) is 12.0 Å². The number of aromatic nitrogens is 3. The van der Waals surface area contributed by atoms with E-state index in [0.717, 1.165) is 49.7 Å². The van der Waals surface area contributed by atoms with Crippen LogP contribution in [0.1, 0.15) is 17.8 Å². The molecule has 0 radical (unpaired) electrons. The Bertz CT molecular complexity index is 525. The van der Waals surface area contributed by atoms with E-state index in [-0.39, 0.29) is 0 Å². The summed E-state index contributed by atoms with van der Waals surface area (Å²) in [4.78, 5) is 14.7. The van der Waals surface area contributed by atoms with Crippen LogP contribution in [0.25, 0.3) is 11.2 Å². The minimum Gasteiger partial charge on any atom is -0.339 e. The van der Waals surface area contributed by atoms with Gasteiger partial charge in [-0.25, -0.2) is 9.97 Å². The van der Waals surface area contributed by atoms with E-state index >= 15 is 0 Å². The summed E-state index contributed by atoms with van der Waals surface area (Å²) in [6.07, 6.45) is 3.02. The molecular weight excluding hydrogens is 226 g/mol. The van der Waals surface area contributed by atoms with Crippen LogP contribution in [0, 0.1) is 6.92 Å². The quantitative estimate of drug-likeness (QED) is 0.830. The summed E-state index contributed by atoms with van der Waals surface area (Å²) in [5.74, 6) is 1.02. The highest BCUT2D eigenvalue weighted by atomic mass is 15.2. The maximum absolute atomic E-state index is 4.57. The first-order chi connectivity index (χ1) is 8.83. The van der Waals surface area contributed by atoms with Gasteiger partial charge in [0.2, 0.25) is 0 Å². The summed E-state index contributed by atoms with van der Waals surface area (Å²) in [6, 6.07) is 2.01. The number of H-pyrrole nitrogens is 1. The molecule has 0 unspecified atom stereocenters. The van der Waals surface area contributed by atoms with E-state index in [1.54, 1.807) is 0 Å². The van der Waals surface area contributed by atoms with Crippen molar-refractivity contribution in [1.82, 2.24) is 25.2 Å². The second-order valence-electron chi connectivity index (χ2n) is 4.89. The van der Waals surface area contributed by atoms with Crippen LogP contribution in [-0.4, -0.2) is 46.0 Å². The molecule has 1 aliphatic rings. The average molecular weight is 245 g/mol. The number of nitrogens with one attached hydrogen (secondary N) is 2. The third-order valence-corrected chi connectivity index (χ3v) is 3.46. The first-order valence-corrected chi connectivity index (χ1v) is 6.56. The summed E-state index contributed by atoms with van der Waals surface area (Å²) in [5.41, 5.74) is 3.11. The van der Waals surface area contributed by atoms with E-state index in [2.05, 4.69) is 32.1 Å². The standard InChI is InChI=1S/C13H19N5/c1-10-3-5-15-13-12(10)16-11(17-13)9-18-7-2-4-14-6-8-18/h3,5,14H,2,4,6-9H2,1H3,(H,15,16,17). The molecule has 0 bridgehead atoms. The second-order valence-corrected chi connectivity index (χ2v) is 4.89. The van der Waals surface area contributed by atoms with Gasteiger partial charge in [0.05, 0.1) is 12.1 Å². The number of imidazole rings is 1. The molecule has 18 heavy (non-hydrogen) atoms. The number of fused-ring (bicyclic) bond motifs is 1. The van der Waals surface area contributed by atoms with E-state index in [0.29, 0.717) is 0 Å². The fraction of sp³-hybridized carbons (Fsp3) is 0.538. The predicted molar refractivity (Wildman–Crippen MR) is 71.4 cm³/mol. The molecule has 2 aromatic heterocycles. The number of nitrogens with zero attached hydrogens (tertiary/aromatic N) is 3. The van der Waals surface area contributed by atoms with Gasteiger partial charge in [-0.2, -0.15) is 0 Å². The van der Waals surface area contributed by atoms with Gasteiger partial charge in [-0.3, -0.25) is 4.90 Å². The molecule has 5 heteroatoms. The molecular formula is C13H19N5. The van der Waals surface area contributed by atoms with Crippen molar-refractivity contribution in [2.75, 3.05) is 26.2 Å². The van der Waals surface area contributed by atoms with E-state index < -0.39 is 0 Å². The summed E-state index contributed by atoms with van der Waals surface area (Å²) >= 11 is 0. The maximum atomic E-state index is 4.57. The van der Waals surface area contributed by atoms with Crippen molar-refractivity contribution in [1.29, 1.82) is 0 Å². The van der Waals surface area contributed by atoms with E-state index in [4.69, 9.17) is 0 Å². The van der Waals surface area contributed by atoms with Crippen LogP contribution < -0.4 is 5.32 Å². The van der Waals surface area contributed by atoms with Crippen LogP contribution in [0.2, 0.25) is 0 Å². The molecule has 2 N–H and O–H groups in total. The Morgan fingerprint density at radius 1 is 1.33 bits per heavy atom. The SMILES string of the molecule is Cc1ccnc2nc(CN3CCCNCC3)[nH]c12. The molecule has 1 aliphatic heterocycles. The van der Waals surface area contributed by atoms with E-state index in [1.807, 2.05) is 12.3 Å². The Kier molecular flexibility index (Phi) is 3.25. The Morgan fingerprint density at radius 2 is 2.28 bits per heavy atom. The van der Waals surface area contributed by atoms with Crippen molar-refractivity contribution in [3.63, 3.8) is 0 Å². The van der Waals surface area contributed by atoms with Crippen LogP contribution in [0.3, 0.4) is 0 Å². The van der Waals surface area contributed by atoms with Crippen LogP contribution in [0.5, 0.6) is 0 Å². The highest BCUT2D eigenvalue weighted by Crippen LogP contribution is 2.14. The number of rotatable bonds is 2. The molecule has 1 saturated heterocycles. The minimum atomic E-state index is 0.831. The number of hydrogen-bond donors (Lipinski definition) is 2. The highest BCUT2D eigenvalue weighted by molar-refractivity contribution is 5.74. The lowest BCUT2D eigenvalue weighted by atomic mass is 10.3. The summed E-state index contributed by atoms with van der Waals surface area (Å²) in [5, 5.41) is 3.41. The highest BCUT2D eigenvalue weighted by Gasteiger charge is 2.12. The van der Waals surface area contributed by atoms with Gasteiger partial charge >= 0.3 is 0 Å². The third kappa shape index (κ3) is 2.37. The average Bonchev–Trinajstić information content (AvgIpc) is 2.60. The molecule has 0 amide bonds. The van der Waals surface area contributed by atoms with Crippen LogP contribution in [0.4, 0.5) is 0 Å². The summed E-state index contributed by atoms with van der Waals surface area (Å²) < 4.78 is 0. The molecule has 2 aromatic rings. The zero-order chi connectivity index (χ0) is 12.4. The number of aromatic amines is 1. The normalized spacial score (nSPS) is 18.1. The van der Waals surface area contributed by atoms with Crippen LogP contribution in [0.15, 0.2) is 12.3 Å². The number of hydrogen-bond acceptors (Lipinski definition) is 4. The lowest BCUT2D eigenvalue weighted by molar-refractivity contribution is 0.278. The van der Waals surface area contributed by atoms with Gasteiger partial charge in [-0.1, -0.05) is 0 Å². The summed E-state index contributed by atoms with van der Waals surface area (Å²) in [7, 11) is 0. The molecule has 0 atom stereocenters. The molecule has 0 saturated carbocycles. The summed E-state index contributed by atoms with van der Waals surface area (Å²) in [6.45, 7) is 7.38. The maximum Gasteiger partial charge on any atom is 0.178 e. The fourth-order valence-electron chi connectivity index (χ4n) is 2.43. The number of aryl methyl sites for hydroxylation is 1. The second kappa shape index (κ2) is 5.04. The molecule has 3 rings (SSSR count). The number of pyridine rings is 1. The first kappa shape index (κ1) is 11.6. The van der Waals surface area contributed by atoms with Gasteiger partial charge in [0.1, 0.15) is 5.82 Å². The molecule has 0 spiro atoms. The molecule has 1 fully saturated rings. The predicted octanol–water partition coefficient (Wildman–Crippen LogP) is 1.06. The largest absolute Gasteiger partial charge is 0.339 e. The van der Waals surface area contributed by atoms with Crippen molar-refractivity contribution >= 4 is 11.2 Å². The van der Waals surface area contributed by atoms with E-state index in [9.17, 15) is 0 Å². The zero-order valence-corrected chi connectivity index (χ0v) is 10.7. The molecule has 0 aromatic carbocycles. The molecule has 96 valence electrons. The molecule has 5 nitrogen and oxygen atoms in total. The fourth-order valence-corrected chi connectivity index (χ4v) is 2.43. The van der Waals surface area contributed by atoms with Crippen molar-refractivity contribution < 1.29 is 0 Å². The van der Waals surface area contributed by atoms with Gasteiger partial charge in [-0.15, -0.1) is 0 Å². The van der Waals surface area contributed by atoms with Crippen LogP contribution >= 0.6 is 0 Å².